The number of thiol groups is 1. The smallest absolute Gasteiger partial charge is 0.141 e. The molecule has 0 saturated heterocycles. The average Bonchev–Trinajstić information content (AvgIpc) is 2.08. The fourth-order valence-electron chi connectivity index (χ4n) is 0.593. The van der Waals surface area contributed by atoms with E-state index >= 15 is 0 Å². The van der Waals surface area contributed by atoms with Gasteiger partial charge in [-0.1, -0.05) is 0 Å². The van der Waals surface area contributed by atoms with Crippen molar-refractivity contribution in [1.82, 2.24) is 0 Å². The Kier molecular flexibility index (Phi) is 8.16. The fourth-order valence-corrected chi connectivity index (χ4v) is 4.17. The topological polar surface area (TPSA) is 0 Å². The molecule has 0 aliphatic heterocycles. The Labute approximate surface area is 146 Å². The van der Waals surface area contributed by atoms with Gasteiger partial charge < -0.3 is 0 Å². The van der Waals surface area contributed by atoms with E-state index in [0.29, 0.717) is 0 Å². The van der Waals surface area contributed by atoms with E-state index < -0.39 is 0 Å². The van der Waals surface area contributed by atoms with Crippen molar-refractivity contribution in [3.63, 3.8) is 0 Å². The summed E-state index contributed by atoms with van der Waals surface area (Å²) in [5.74, 6) is 0. The number of rotatable bonds is 0. The van der Waals surface area contributed by atoms with Gasteiger partial charge >= 0.3 is 29.6 Å². The van der Waals surface area contributed by atoms with Crippen molar-refractivity contribution in [3.8, 4) is 0 Å². The summed E-state index contributed by atoms with van der Waals surface area (Å²) in [6.07, 6.45) is 0. The molecule has 0 N–H and O–H groups in total. The average molecular weight is 528 g/mol. The van der Waals surface area contributed by atoms with Crippen LogP contribution in [0.1, 0.15) is 0 Å². The number of benzene rings is 1. The first-order valence-corrected chi connectivity index (χ1v) is 7.08. The molecule has 1 rings (SSSR count). The maximum Gasteiger partial charge on any atom is 1.00 e. The Morgan fingerprint density at radius 3 is 1.15 bits per heavy atom. The van der Waals surface area contributed by atoms with E-state index in [0.717, 1.165) is 27.3 Å². The van der Waals surface area contributed by atoms with Crippen LogP contribution in [0.2, 0.25) is 0 Å². The molecule has 0 saturated carbocycles. The van der Waals surface area contributed by atoms with Gasteiger partial charge in [0.1, 0.15) is 0 Å². The van der Waals surface area contributed by atoms with Gasteiger partial charge in [-0.05, 0) is 79.6 Å². The Morgan fingerprint density at radius 2 is 0.846 bits per heavy atom. The quantitative estimate of drug-likeness (QED) is 0.228. The Morgan fingerprint density at radius 1 is 0.615 bits per heavy atom. The van der Waals surface area contributed by atoms with Crippen LogP contribution < -0.4 is 29.6 Å². The molecule has 1 aromatic rings. The van der Waals surface area contributed by atoms with Crippen molar-refractivity contribution in [2.75, 3.05) is 0 Å². The molecule has 0 bridgehead atoms. The normalized spacial score (nSPS) is 9.69. The van der Waals surface area contributed by atoms with Crippen molar-refractivity contribution in [3.05, 3.63) is 22.4 Å². The van der Waals surface area contributed by atoms with Crippen LogP contribution in [0.5, 0.6) is 0 Å². The van der Waals surface area contributed by atoms with E-state index in [4.69, 9.17) is 0 Å². The number of hydrogen-bond acceptors (Lipinski definition) is 1. The maximum atomic E-state index is 4.32. The van der Waals surface area contributed by atoms with Crippen LogP contribution in [0.4, 0.5) is 0 Å². The molecule has 0 aliphatic carbocycles. The molecule has 66 valence electrons. The molecule has 0 spiro atoms. The summed E-state index contributed by atoms with van der Waals surface area (Å²) < 4.78 is 4.70. The molecule has 0 atom stereocenters. The van der Waals surface area contributed by atoms with Crippen molar-refractivity contribution in [2.24, 2.45) is 0 Å². The van der Waals surface area contributed by atoms with Crippen molar-refractivity contribution >= 4 is 92.3 Å². The molecule has 1 aromatic carbocycles. The zero-order valence-electron chi connectivity index (χ0n) is 6.34. The van der Waals surface area contributed by atoms with Gasteiger partial charge in [-0.2, -0.15) is 0 Å². The standard InChI is InChI=1S/C6HBr5S.Na/c7-1-2(8)4(10)6(12)5(11)3(1)9;/h12H;/q;+1. The molecule has 0 aromatic heterocycles. The Balaban J connectivity index is 0.00000144. The van der Waals surface area contributed by atoms with Crippen LogP contribution in [-0.4, -0.2) is 0 Å². The first-order chi connectivity index (χ1) is 5.46. The van der Waals surface area contributed by atoms with Crippen LogP contribution >= 0.6 is 92.3 Å². The molecule has 0 heterocycles. The molecule has 0 radical (unpaired) electrons. The molecule has 7 heteroatoms. The molecular formula is C6HBr5NaS+. The van der Waals surface area contributed by atoms with Crippen LogP contribution in [0.3, 0.4) is 0 Å². The predicted octanol–water partition coefficient (Wildman–Crippen LogP) is 2.79. The minimum Gasteiger partial charge on any atom is -0.141 e. The summed E-state index contributed by atoms with van der Waals surface area (Å²) in [5, 5.41) is 0. The van der Waals surface area contributed by atoms with E-state index in [-0.39, 0.29) is 29.6 Å². The first-order valence-electron chi connectivity index (χ1n) is 2.67. The van der Waals surface area contributed by atoms with Gasteiger partial charge in [-0.25, -0.2) is 0 Å². The number of hydrogen-bond donors (Lipinski definition) is 1. The Bertz CT molecular complexity index is 235. The Hall–Kier alpha value is 2.97. The van der Waals surface area contributed by atoms with Crippen LogP contribution in [-0.2, 0) is 0 Å². The third kappa shape index (κ3) is 3.46. The van der Waals surface area contributed by atoms with E-state index in [9.17, 15) is 0 Å². The zero-order valence-corrected chi connectivity index (χ0v) is 17.2. The van der Waals surface area contributed by atoms with Gasteiger partial charge in [0.05, 0.1) is 0 Å². The molecule has 0 fully saturated rings. The van der Waals surface area contributed by atoms with Crippen LogP contribution in [0.15, 0.2) is 27.3 Å². The molecule has 0 nitrogen and oxygen atoms in total. The van der Waals surface area contributed by atoms with Gasteiger partial charge in [0.15, 0.2) is 0 Å². The molecule has 0 aliphatic rings. The van der Waals surface area contributed by atoms with E-state index in [1.807, 2.05) is 0 Å². The summed E-state index contributed by atoms with van der Waals surface area (Å²) in [6.45, 7) is 0. The van der Waals surface area contributed by atoms with Crippen molar-refractivity contribution in [1.29, 1.82) is 0 Å². The molecule has 0 unspecified atom stereocenters. The van der Waals surface area contributed by atoms with Crippen molar-refractivity contribution in [2.45, 2.75) is 4.90 Å². The largest absolute Gasteiger partial charge is 1.00 e. The maximum absolute atomic E-state index is 4.32. The molecule has 0 amide bonds. The number of halogens is 5. The minimum absolute atomic E-state index is 0. The molecular weight excluding hydrogens is 527 g/mol. The first kappa shape index (κ1) is 16.0. The summed E-state index contributed by atoms with van der Waals surface area (Å²) in [7, 11) is 0. The third-order valence-electron chi connectivity index (χ3n) is 1.19. The van der Waals surface area contributed by atoms with E-state index in [1.165, 1.54) is 0 Å². The summed E-state index contributed by atoms with van der Waals surface area (Å²) in [5.41, 5.74) is 0. The minimum atomic E-state index is 0. The zero-order chi connectivity index (χ0) is 9.46. The van der Waals surface area contributed by atoms with Crippen LogP contribution in [0, 0.1) is 0 Å². The van der Waals surface area contributed by atoms with Crippen molar-refractivity contribution < 1.29 is 29.6 Å². The van der Waals surface area contributed by atoms with Crippen LogP contribution in [0.25, 0.3) is 0 Å². The van der Waals surface area contributed by atoms with Gasteiger partial charge in [0.25, 0.3) is 0 Å². The SMILES string of the molecule is Sc1c(Br)c(Br)c(Br)c(Br)c1Br.[Na+]. The second kappa shape index (κ2) is 6.64. The van der Waals surface area contributed by atoms with Gasteiger partial charge in [0, 0.05) is 27.3 Å². The second-order valence-corrected chi connectivity index (χ2v) is 6.33. The second-order valence-electron chi connectivity index (χ2n) is 1.92. The fraction of sp³-hybridized carbons (Fsp3) is 0. The van der Waals surface area contributed by atoms with Gasteiger partial charge in [-0.3, -0.25) is 0 Å². The van der Waals surface area contributed by atoms with E-state index in [1.54, 1.807) is 0 Å². The monoisotopic (exact) mass is 523 g/mol. The molecule has 13 heavy (non-hydrogen) atoms. The summed E-state index contributed by atoms with van der Waals surface area (Å²) >= 11 is 21.4. The van der Waals surface area contributed by atoms with Gasteiger partial charge in [0.2, 0.25) is 0 Å². The summed E-state index contributed by atoms with van der Waals surface area (Å²) in [4.78, 5) is 0.858. The van der Waals surface area contributed by atoms with E-state index in [2.05, 4.69) is 92.3 Å². The predicted molar refractivity (Wildman–Crippen MR) is 72.2 cm³/mol. The van der Waals surface area contributed by atoms with Gasteiger partial charge in [-0.15, -0.1) is 12.6 Å². The summed E-state index contributed by atoms with van der Waals surface area (Å²) in [6, 6.07) is 0. The third-order valence-corrected chi connectivity index (χ3v) is 8.34.